The molecule has 10 heteroatoms. The fraction of sp³-hybridized carbons (Fsp3) is 0.562. The zero-order valence-corrected chi connectivity index (χ0v) is 26.3. The van der Waals surface area contributed by atoms with Gasteiger partial charge in [0.15, 0.2) is 5.82 Å². The van der Waals surface area contributed by atoms with Gasteiger partial charge in [0.25, 0.3) is 0 Å². The molecule has 1 saturated heterocycles. The number of piperidine rings is 1. The number of H-pyrrole nitrogens is 1. The third kappa shape index (κ3) is 4.47. The van der Waals surface area contributed by atoms with Crippen molar-refractivity contribution >= 4 is 34.1 Å². The van der Waals surface area contributed by atoms with Gasteiger partial charge in [0.2, 0.25) is 0 Å². The lowest BCUT2D eigenvalue weighted by Crippen LogP contribution is -2.50. The fourth-order valence-electron chi connectivity index (χ4n) is 7.16. The maximum atomic E-state index is 7.05. The average Bonchev–Trinajstić information content (AvgIpc) is 3.67. The molecule has 3 aliphatic rings. The Morgan fingerprint density at radius 3 is 2.62 bits per heavy atom. The van der Waals surface area contributed by atoms with E-state index in [1.165, 1.54) is 18.4 Å². The normalized spacial score (nSPS) is 20.4. The number of rotatable bonds is 6. The fourth-order valence-corrected chi connectivity index (χ4v) is 7.57. The van der Waals surface area contributed by atoms with E-state index in [-0.39, 0.29) is 11.5 Å². The smallest absolute Gasteiger partial charge is 0.162 e. The number of hydrogen-bond donors (Lipinski definition) is 1. The quantitative estimate of drug-likeness (QED) is 0.287. The van der Waals surface area contributed by atoms with E-state index in [0.29, 0.717) is 12.5 Å². The third-order valence-electron chi connectivity index (χ3n) is 9.55. The van der Waals surface area contributed by atoms with Gasteiger partial charge in [0.05, 0.1) is 28.7 Å². The predicted molar refractivity (Wildman–Crippen MR) is 168 cm³/mol. The molecule has 2 aliphatic heterocycles. The molecular weight excluding hydrogens is 548 g/mol. The van der Waals surface area contributed by atoms with Crippen molar-refractivity contribution in [2.75, 3.05) is 36.5 Å². The van der Waals surface area contributed by atoms with E-state index in [4.69, 9.17) is 31.4 Å². The molecule has 1 N–H and O–H groups in total. The van der Waals surface area contributed by atoms with Crippen LogP contribution in [-0.4, -0.2) is 62.8 Å². The molecule has 4 aromatic rings. The number of methoxy groups -OCH3 is 1. The predicted octanol–water partition coefficient (Wildman–Crippen LogP) is 6.20. The van der Waals surface area contributed by atoms with Gasteiger partial charge in [-0.2, -0.15) is 10.2 Å². The van der Waals surface area contributed by atoms with Gasteiger partial charge in [-0.3, -0.25) is 5.10 Å². The minimum absolute atomic E-state index is 0.0142. The molecule has 1 saturated carbocycles. The Bertz CT molecular complexity index is 1670. The second-order valence-corrected chi connectivity index (χ2v) is 13.4. The molecule has 1 aromatic carbocycles. The molecule has 0 radical (unpaired) electrons. The number of nitrogens with zero attached hydrogens (tertiary/aromatic N) is 7. The second-order valence-electron chi connectivity index (χ2n) is 13.0. The summed E-state index contributed by atoms with van der Waals surface area (Å²) in [6.07, 6.45) is 4.35. The molecular formula is C32H41ClN8O. The molecule has 9 nitrogen and oxygen atoms in total. The number of anilines is 2. The van der Waals surface area contributed by atoms with Gasteiger partial charge in [-0.15, -0.1) is 0 Å². The molecule has 42 heavy (non-hydrogen) atoms. The van der Waals surface area contributed by atoms with Crippen molar-refractivity contribution in [2.45, 2.75) is 85.4 Å². The van der Waals surface area contributed by atoms with E-state index in [2.05, 4.69) is 64.5 Å². The standard InChI is InChI=1S/C32H41ClN8O/c1-7-41-31(27(33)28(38-41)20-9-10-20)39-14-12-22-21(16-39)30(40-15-13-24(42-6)32(4,5)17-40)35-29(34-22)25-18(2)8-11-23-26(25)19(3)36-37-23/h8,11,20,24H,7,9-10,12-17H2,1-6H3,(H,36,37). The van der Waals surface area contributed by atoms with Crippen molar-refractivity contribution in [2.24, 2.45) is 5.41 Å². The van der Waals surface area contributed by atoms with Gasteiger partial charge >= 0.3 is 0 Å². The van der Waals surface area contributed by atoms with E-state index >= 15 is 0 Å². The first-order valence-corrected chi connectivity index (χ1v) is 15.7. The van der Waals surface area contributed by atoms with Crippen LogP contribution in [0.1, 0.15) is 74.2 Å². The SMILES string of the molecule is CCn1nc(C2CC2)c(Cl)c1N1CCc2nc(-c3c(C)ccc4[nH]nc(C)c34)nc(N3CCC(OC)C(C)(C)C3)c2C1. The van der Waals surface area contributed by atoms with Crippen LogP contribution >= 0.6 is 11.6 Å². The van der Waals surface area contributed by atoms with Gasteiger partial charge in [-0.05, 0) is 51.7 Å². The highest BCUT2D eigenvalue weighted by Crippen LogP contribution is 2.46. The van der Waals surface area contributed by atoms with Crippen LogP contribution < -0.4 is 9.80 Å². The van der Waals surface area contributed by atoms with Crippen LogP contribution in [0.15, 0.2) is 12.1 Å². The zero-order valence-electron chi connectivity index (χ0n) is 25.6. The summed E-state index contributed by atoms with van der Waals surface area (Å²) in [7, 11) is 1.83. The Morgan fingerprint density at radius 2 is 1.90 bits per heavy atom. The molecule has 3 aromatic heterocycles. The summed E-state index contributed by atoms with van der Waals surface area (Å²) in [5.41, 5.74) is 7.56. The number of aryl methyl sites for hydroxylation is 3. The van der Waals surface area contributed by atoms with E-state index in [9.17, 15) is 0 Å². The average molecular weight is 589 g/mol. The van der Waals surface area contributed by atoms with E-state index in [1.54, 1.807) is 0 Å². The highest BCUT2D eigenvalue weighted by Gasteiger charge is 2.39. The first kappa shape index (κ1) is 27.7. The lowest BCUT2D eigenvalue weighted by atomic mass is 9.81. The van der Waals surface area contributed by atoms with Crippen LogP contribution in [0.4, 0.5) is 11.6 Å². The minimum atomic E-state index is -0.0142. The number of hydrogen-bond acceptors (Lipinski definition) is 7. The van der Waals surface area contributed by atoms with Crippen molar-refractivity contribution in [3.05, 3.63) is 45.4 Å². The molecule has 1 atom stereocenters. The summed E-state index contributed by atoms with van der Waals surface area (Å²) < 4.78 is 7.99. The van der Waals surface area contributed by atoms with E-state index in [1.807, 2.05) is 14.0 Å². The van der Waals surface area contributed by atoms with Crippen LogP contribution in [0.2, 0.25) is 5.02 Å². The molecule has 5 heterocycles. The Morgan fingerprint density at radius 1 is 1.10 bits per heavy atom. The topological polar surface area (TPSA) is 88.0 Å². The summed E-state index contributed by atoms with van der Waals surface area (Å²) >= 11 is 7.05. The van der Waals surface area contributed by atoms with Crippen LogP contribution in [0, 0.1) is 19.3 Å². The van der Waals surface area contributed by atoms with E-state index < -0.39 is 0 Å². The molecule has 1 aliphatic carbocycles. The van der Waals surface area contributed by atoms with Crippen molar-refractivity contribution < 1.29 is 4.74 Å². The number of aromatic nitrogens is 6. The largest absolute Gasteiger partial charge is 0.381 e. The molecule has 0 amide bonds. The number of halogens is 1. The van der Waals surface area contributed by atoms with Crippen LogP contribution in [-0.2, 0) is 24.2 Å². The Balaban J connectivity index is 1.36. The van der Waals surface area contributed by atoms with Crippen LogP contribution in [0.25, 0.3) is 22.3 Å². The molecule has 7 rings (SSSR count). The summed E-state index contributed by atoms with van der Waals surface area (Å²) in [5, 5.41) is 14.6. The zero-order chi connectivity index (χ0) is 29.3. The molecule has 1 unspecified atom stereocenters. The number of ether oxygens (including phenoxy) is 1. The van der Waals surface area contributed by atoms with Gasteiger partial charge in [0, 0.05) is 74.1 Å². The van der Waals surface area contributed by atoms with Crippen molar-refractivity contribution in [3.8, 4) is 11.4 Å². The van der Waals surface area contributed by atoms with Crippen LogP contribution in [0.3, 0.4) is 0 Å². The Labute approximate surface area is 252 Å². The monoisotopic (exact) mass is 588 g/mol. The number of nitrogens with one attached hydrogen (secondary N) is 1. The number of fused-ring (bicyclic) bond motifs is 2. The Kier molecular flexibility index (Phi) is 6.73. The van der Waals surface area contributed by atoms with Gasteiger partial charge in [-0.1, -0.05) is 31.5 Å². The Hall–Kier alpha value is -3.17. The summed E-state index contributed by atoms with van der Waals surface area (Å²) in [6, 6.07) is 4.23. The van der Waals surface area contributed by atoms with Gasteiger partial charge < -0.3 is 14.5 Å². The number of aromatic amines is 1. The molecule has 222 valence electrons. The van der Waals surface area contributed by atoms with Crippen LogP contribution in [0.5, 0.6) is 0 Å². The number of benzene rings is 1. The molecule has 2 fully saturated rings. The maximum absolute atomic E-state index is 7.05. The second kappa shape index (κ2) is 10.2. The lowest BCUT2D eigenvalue weighted by Gasteiger charge is -2.45. The van der Waals surface area contributed by atoms with E-state index in [0.717, 1.165) is 101 Å². The lowest BCUT2D eigenvalue weighted by molar-refractivity contribution is -0.00647. The van der Waals surface area contributed by atoms with Crippen molar-refractivity contribution in [1.82, 2.24) is 29.9 Å². The third-order valence-corrected chi connectivity index (χ3v) is 9.92. The van der Waals surface area contributed by atoms with Gasteiger partial charge in [-0.25, -0.2) is 14.6 Å². The minimum Gasteiger partial charge on any atom is -0.381 e. The highest BCUT2D eigenvalue weighted by molar-refractivity contribution is 6.33. The summed E-state index contributed by atoms with van der Waals surface area (Å²) in [4.78, 5) is 15.6. The van der Waals surface area contributed by atoms with Crippen molar-refractivity contribution in [1.29, 1.82) is 0 Å². The highest BCUT2D eigenvalue weighted by atomic mass is 35.5. The maximum Gasteiger partial charge on any atom is 0.162 e. The molecule has 0 spiro atoms. The first-order valence-electron chi connectivity index (χ1n) is 15.3. The summed E-state index contributed by atoms with van der Waals surface area (Å²) in [6.45, 7) is 15.0. The summed E-state index contributed by atoms with van der Waals surface area (Å²) in [5.74, 6) is 3.35. The molecule has 0 bridgehead atoms. The first-order chi connectivity index (χ1) is 20.2. The van der Waals surface area contributed by atoms with Crippen molar-refractivity contribution in [3.63, 3.8) is 0 Å². The van der Waals surface area contributed by atoms with Gasteiger partial charge in [0.1, 0.15) is 16.7 Å².